The second kappa shape index (κ2) is 1.68. The van der Waals surface area contributed by atoms with Gasteiger partial charge in [0.25, 0.3) is 0 Å². The average molecular weight is 137 g/mol. The highest BCUT2D eigenvalue weighted by molar-refractivity contribution is 7.84. The van der Waals surface area contributed by atoms with Gasteiger partial charge in [0.15, 0.2) is 0 Å². The largest absolute Gasteiger partial charge is 0.336 e. The monoisotopic (exact) mass is 137 g/mol. The molecule has 1 rings (SSSR count). The predicted octanol–water partition coefficient (Wildman–Crippen LogP) is -0.760. The molecule has 0 aromatic rings. The van der Waals surface area contributed by atoms with Gasteiger partial charge in [-0.25, -0.2) is 0 Å². The Bertz CT molecular complexity index is 173. The summed E-state index contributed by atoms with van der Waals surface area (Å²) in [7, 11) is -3.35. The van der Waals surface area contributed by atoms with Crippen LogP contribution in [0.3, 0.4) is 0 Å². The third kappa shape index (κ3) is 1.18. The van der Waals surface area contributed by atoms with E-state index in [4.69, 9.17) is 0 Å². The predicted molar refractivity (Wildman–Crippen MR) is 27.5 cm³/mol. The molecule has 5 heteroatoms. The van der Waals surface area contributed by atoms with Gasteiger partial charge in [0.1, 0.15) is 0 Å². The minimum absolute atomic E-state index is 0.0694. The first-order valence-corrected chi connectivity index (χ1v) is 3.68. The molecule has 48 valence electrons. The molecule has 4 nitrogen and oxygen atoms in total. The van der Waals surface area contributed by atoms with E-state index in [2.05, 4.69) is 8.91 Å². The second-order valence-electron chi connectivity index (χ2n) is 1.76. The number of nitrogens with one attached hydrogen (secondary N) is 1. The molecular weight excluding hydrogens is 130 g/mol. The average Bonchev–Trinajstić information content (AvgIpc) is 1.82. The maximum atomic E-state index is 10.3. The highest BCUT2D eigenvalue weighted by atomic mass is 32.2. The first-order valence-electron chi connectivity index (χ1n) is 2.27. The minimum atomic E-state index is -3.35. The standard InChI is InChI=1S/C3H7NO3S/c1-3-2-7-8(5,6)4-3/h3-4H,2H2,1H3/t3-/m1/s1. The molecule has 1 aliphatic heterocycles. The normalized spacial score (nSPS) is 35.4. The summed E-state index contributed by atoms with van der Waals surface area (Å²) >= 11 is 0. The Morgan fingerprint density at radius 3 is 2.50 bits per heavy atom. The third-order valence-electron chi connectivity index (χ3n) is 0.819. The Hall–Kier alpha value is -0.130. The Morgan fingerprint density at radius 2 is 2.38 bits per heavy atom. The van der Waals surface area contributed by atoms with Crippen molar-refractivity contribution in [3.63, 3.8) is 0 Å². The van der Waals surface area contributed by atoms with E-state index in [0.29, 0.717) is 0 Å². The summed E-state index contributed by atoms with van der Waals surface area (Å²) in [4.78, 5) is 0. The van der Waals surface area contributed by atoms with E-state index in [1.165, 1.54) is 0 Å². The number of hydrogen-bond donors (Lipinski definition) is 1. The van der Waals surface area contributed by atoms with Crippen LogP contribution in [0.4, 0.5) is 0 Å². The molecule has 0 radical (unpaired) electrons. The highest BCUT2D eigenvalue weighted by Crippen LogP contribution is 2.00. The fourth-order valence-electron chi connectivity index (χ4n) is 0.506. The lowest BCUT2D eigenvalue weighted by Crippen LogP contribution is -2.23. The molecule has 1 N–H and O–H groups in total. The summed E-state index contributed by atoms with van der Waals surface area (Å²) in [6.07, 6.45) is 0. The second-order valence-corrected chi connectivity index (χ2v) is 3.14. The van der Waals surface area contributed by atoms with E-state index in [9.17, 15) is 8.42 Å². The molecule has 0 aromatic carbocycles. The van der Waals surface area contributed by atoms with Crippen LogP contribution in [-0.2, 0) is 14.5 Å². The van der Waals surface area contributed by atoms with Gasteiger partial charge in [0.05, 0.1) is 6.61 Å². The Morgan fingerprint density at radius 1 is 1.75 bits per heavy atom. The summed E-state index contributed by atoms with van der Waals surface area (Å²) in [6, 6.07) is -0.0694. The molecule has 0 bridgehead atoms. The molecule has 1 heterocycles. The van der Waals surface area contributed by atoms with Crippen LogP contribution in [0.5, 0.6) is 0 Å². The van der Waals surface area contributed by atoms with Gasteiger partial charge < -0.3 is 0 Å². The van der Waals surface area contributed by atoms with Crippen molar-refractivity contribution in [3.8, 4) is 0 Å². The molecule has 0 aliphatic carbocycles. The zero-order chi connectivity index (χ0) is 6.20. The lowest BCUT2D eigenvalue weighted by Gasteiger charge is -1.90. The van der Waals surface area contributed by atoms with Crippen LogP contribution in [-0.4, -0.2) is 21.1 Å². The van der Waals surface area contributed by atoms with Gasteiger partial charge in [0, 0.05) is 6.04 Å². The Balaban J connectivity index is 2.71. The fraction of sp³-hybridized carbons (Fsp3) is 1.00. The molecule has 1 aliphatic rings. The summed E-state index contributed by atoms with van der Waals surface area (Å²) in [6.45, 7) is 1.99. The van der Waals surface area contributed by atoms with Crippen molar-refractivity contribution in [2.75, 3.05) is 6.61 Å². The highest BCUT2D eigenvalue weighted by Gasteiger charge is 2.23. The van der Waals surface area contributed by atoms with Crippen LogP contribution < -0.4 is 4.72 Å². The first-order chi connectivity index (χ1) is 3.60. The van der Waals surface area contributed by atoms with Crippen LogP contribution in [0.15, 0.2) is 0 Å². The zero-order valence-corrected chi connectivity index (χ0v) is 5.23. The SMILES string of the molecule is C[C@@H]1COS(=O)(=O)N1. The number of hydrogen-bond acceptors (Lipinski definition) is 3. The third-order valence-corrected chi connectivity index (χ3v) is 1.96. The Kier molecular flexibility index (Phi) is 1.26. The van der Waals surface area contributed by atoms with Crippen molar-refractivity contribution < 1.29 is 12.6 Å². The van der Waals surface area contributed by atoms with Crippen molar-refractivity contribution in [2.45, 2.75) is 13.0 Å². The molecular formula is C3H7NO3S. The van der Waals surface area contributed by atoms with Gasteiger partial charge in [-0.3, -0.25) is 4.18 Å². The van der Waals surface area contributed by atoms with Crippen molar-refractivity contribution in [2.24, 2.45) is 0 Å². The van der Waals surface area contributed by atoms with E-state index < -0.39 is 10.3 Å². The lowest BCUT2D eigenvalue weighted by atomic mass is 10.4. The lowest BCUT2D eigenvalue weighted by molar-refractivity contribution is 0.342. The molecule has 1 saturated heterocycles. The number of rotatable bonds is 0. The minimum Gasteiger partial charge on any atom is -0.256 e. The quantitative estimate of drug-likeness (QED) is 0.477. The topological polar surface area (TPSA) is 55.4 Å². The van der Waals surface area contributed by atoms with Gasteiger partial charge in [0.2, 0.25) is 0 Å². The van der Waals surface area contributed by atoms with Crippen molar-refractivity contribution in [1.82, 2.24) is 4.72 Å². The van der Waals surface area contributed by atoms with E-state index in [-0.39, 0.29) is 12.6 Å². The van der Waals surface area contributed by atoms with Crippen molar-refractivity contribution in [1.29, 1.82) is 0 Å². The maximum absolute atomic E-state index is 10.3. The molecule has 0 aromatic heterocycles. The zero-order valence-electron chi connectivity index (χ0n) is 4.42. The maximum Gasteiger partial charge on any atom is 0.336 e. The molecule has 1 fully saturated rings. The van der Waals surface area contributed by atoms with E-state index in [1.807, 2.05) is 0 Å². The molecule has 0 spiro atoms. The fourth-order valence-corrected chi connectivity index (χ4v) is 1.52. The van der Waals surface area contributed by atoms with Gasteiger partial charge >= 0.3 is 10.3 Å². The smallest absolute Gasteiger partial charge is 0.256 e. The van der Waals surface area contributed by atoms with Crippen LogP contribution >= 0.6 is 0 Å². The van der Waals surface area contributed by atoms with Crippen LogP contribution in [0, 0.1) is 0 Å². The molecule has 0 unspecified atom stereocenters. The summed E-state index contributed by atoms with van der Waals surface area (Å²) < 4.78 is 27.2. The Labute approximate surface area is 48.1 Å². The van der Waals surface area contributed by atoms with Crippen LogP contribution in [0.25, 0.3) is 0 Å². The van der Waals surface area contributed by atoms with Crippen LogP contribution in [0.2, 0.25) is 0 Å². The van der Waals surface area contributed by atoms with Gasteiger partial charge in [-0.1, -0.05) is 0 Å². The van der Waals surface area contributed by atoms with E-state index >= 15 is 0 Å². The molecule has 1 atom stereocenters. The van der Waals surface area contributed by atoms with Crippen molar-refractivity contribution in [3.05, 3.63) is 0 Å². The first kappa shape index (κ1) is 6.00. The van der Waals surface area contributed by atoms with Gasteiger partial charge in [-0.2, -0.15) is 13.1 Å². The molecule has 0 saturated carbocycles. The van der Waals surface area contributed by atoms with Gasteiger partial charge in [-0.15, -0.1) is 0 Å². The van der Waals surface area contributed by atoms with E-state index in [0.717, 1.165) is 0 Å². The summed E-state index contributed by atoms with van der Waals surface area (Å²) in [5.74, 6) is 0. The molecule has 8 heavy (non-hydrogen) atoms. The summed E-state index contributed by atoms with van der Waals surface area (Å²) in [5, 5.41) is 0. The van der Waals surface area contributed by atoms with Crippen molar-refractivity contribution >= 4 is 10.3 Å². The molecule has 0 amide bonds. The summed E-state index contributed by atoms with van der Waals surface area (Å²) in [5.41, 5.74) is 0. The van der Waals surface area contributed by atoms with E-state index in [1.54, 1.807) is 6.92 Å². The van der Waals surface area contributed by atoms with Crippen LogP contribution in [0.1, 0.15) is 6.92 Å². The van der Waals surface area contributed by atoms with Gasteiger partial charge in [-0.05, 0) is 6.92 Å².